The van der Waals surface area contributed by atoms with Crippen molar-refractivity contribution in [1.82, 2.24) is 0 Å². The van der Waals surface area contributed by atoms with Gasteiger partial charge in [0.1, 0.15) is 5.82 Å². The van der Waals surface area contributed by atoms with Crippen LogP contribution in [0.15, 0.2) is 18.2 Å². The molecule has 1 N–H and O–H groups in total. The summed E-state index contributed by atoms with van der Waals surface area (Å²) in [7, 11) is 1.66. The summed E-state index contributed by atoms with van der Waals surface area (Å²) in [4.78, 5) is 0. The fourth-order valence-electron chi connectivity index (χ4n) is 2.02. The SMILES string of the molecule is COCC1(C)Cc2c(F)cccc2N1. The highest BCUT2D eigenvalue weighted by Gasteiger charge is 2.33. The van der Waals surface area contributed by atoms with Crippen molar-refractivity contribution in [2.75, 3.05) is 19.0 Å². The fraction of sp³-hybridized carbons (Fsp3) is 0.455. The topological polar surface area (TPSA) is 21.3 Å². The molecule has 0 saturated carbocycles. The summed E-state index contributed by atoms with van der Waals surface area (Å²) < 4.78 is 18.5. The molecule has 76 valence electrons. The van der Waals surface area contributed by atoms with Gasteiger partial charge in [-0.2, -0.15) is 0 Å². The van der Waals surface area contributed by atoms with Crippen molar-refractivity contribution >= 4 is 5.69 Å². The molecule has 2 rings (SSSR count). The second kappa shape index (κ2) is 3.24. The van der Waals surface area contributed by atoms with Crippen LogP contribution in [0.4, 0.5) is 10.1 Å². The Bertz CT molecular complexity index is 353. The minimum atomic E-state index is -0.167. The maximum absolute atomic E-state index is 13.4. The van der Waals surface area contributed by atoms with Gasteiger partial charge in [-0.1, -0.05) is 6.07 Å². The van der Waals surface area contributed by atoms with E-state index < -0.39 is 0 Å². The van der Waals surface area contributed by atoms with Gasteiger partial charge in [0.15, 0.2) is 0 Å². The van der Waals surface area contributed by atoms with Gasteiger partial charge in [-0.25, -0.2) is 4.39 Å². The predicted octanol–water partition coefficient (Wildman–Crippen LogP) is 2.20. The Hall–Kier alpha value is -1.09. The van der Waals surface area contributed by atoms with Crippen molar-refractivity contribution in [3.63, 3.8) is 0 Å². The van der Waals surface area contributed by atoms with E-state index in [1.807, 2.05) is 13.0 Å². The molecule has 3 heteroatoms. The van der Waals surface area contributed by atoms with Gasteiger partial charge in [0.25, 0.3) is 0 Å². The Morgan fingerprint density at radius 3 is 3.00 bits per heavy atom. The van der Waals surface area contributed by atoms with Crippen LogP contribution in [-0.4, -0.2) is 19.3 Å². The molecule has 1 aromatic carbocycles. The molecule has 1 aliphatic rings. The van der Waals surface area contributed by atoms with Gasteiger partial charge in [-0.3, -0.25) is 0 Å². The molecule has 1 heterocycles. The number of hydrogen-bond donors (Lipinski definition) is 1. The molecule has 0 saturated heterocycles. The molecular formula is C11H14FNO. The summed E-state index contributed by atoms with van der Waals surface area (Å²) in [6.45, 7) is 2.62. The second-order valence-corrected chi connectivity index (χ2v) is 4.06. The van der Waals surface area contributed by atoms with E-state index in [9.17, 15) is 4.39 Å². The van der Waals surface area contributed by atoms with Gasteiger partial charge < -0.3 is 10.1 Å². The van der Waals surface area contributed by atoms with Crippen LogP contribution < -0.4 is 5.32 Å². The van der Waals surface area contributed by atoms with Crippen LogP contribution in [0.2, 0.25) is 0 Å². The first-order chi connectivity index (χ1) is 6.64. The van der Waals surface area contributed by atoms with E-state index in [0.29, 0.717) is 13.0 Å². The predicted molar refractivity (Wildman–Crippen MR) is 54.0 cm³/mol. The summed E-state index contributed by atoms with van der Waals surface area (Å²) in [5.41, 5.74) is 1.50. The molecule has 0 aliphatic carbocycles. The molecule has 0 radical (unpaired) electrons. The Kier molecular flexibility index (Phi) is 2.19. The zero-order chi connectivity index (χ0) is 10.2. The number of ether oxygens (including phenoxy) is 1. The highest BCUT2D eigenvalue weighted by molar-refractivity contribution is 5.59. The van der Waals surface area contributed by atoms with Crippen LogP contribution >= 0.6 is 0 Å². The number of fused-ring (bicyclic) bond motifs is 1. The largest absolute Gasteiger partial charge is 0.382 e. The van der Waals surface area contributed by atoms with E-state index in [2.05, 4.69) is 5.32 Å². The average molecular weight is 195 g/mol. The number of anilines is 1. The van der Waals surface area contributed by atoms with Crippen LogP contribution in [0.5, 0.6) is 0 Å². The molecule has 2 nitrogen and oxygen atoms in total. The zero-order valence-corrected chi connectivity index (χ0v) is 8.43. The second-order valence-electron chi connectivity index (χ2n) is 4.06. The molecule has 0 spiro atoms. The Morgan fingerprint density at radius 1 is 1.57 bits per heavy atom. The highest BCUT2D eigenvalue weighted by atomic mass is 19.1. The van der Waals surface area contributed by atoms with Crippen molar-refractivity contribution in [1.29, 1.82) is 0 Å². The third-order valence-electron chi connectivity index (χ3n) is 2.59. The van der Waals surface area contributed by atoms with Crippen molar-refractivity contribution in [3.05, 3.63) is 29.6 Å². The molecule has 1 atom stereocenters. The first-order valence-corrected chi connectivity index (χ1v) is 4.69. The first kappa shape index (κ1) is 9.46. The first-order valence-electron chi connectivity index (χ1n) is 4.69. The average Bonchev–Trinajstić information content (AvgIpc) is 2.44. The Balaban J connectivity index is 2.29. The Labute approximate surface area is 83.1 Å². The minimum Gasteiger partial charge on any atom is -0.382 e. The van der Waals surface area contributed by atoms with Crippen molar-refractivity contribution in [3.8, 4) is 0 Å². The van der Waals surface area contributed by atoms with Gasteiger partial charge in [-0.15, -0.1) is 0 Å². The fourth-order valence-corrected chi connectivity index (χ4v) is 2.02. The van der Waals surface area contributed by atoms with E-state index in [1.54, 1.807) is 13.2 Å². The van der Waals surface area contributed by atoms with Crippen LogP contribution in [0, 0.1) is 5.82 Å². The van der Waals surface area contributed by atoms with Crippen molar-refractivity contribution in [2.45, 2.75) is 18.9 Å². The number of rotatable bonds is 2. The summed E-state index contributed by atoms with van der Waals surface area (Å²) in [5, 5.41) is 3.29. The van der Waals surface area contributed by atoms with Gasteiger partial charge in [0.2, 0.25) is 0 Å². The lowest BCUT2D eigenvalue weighted by molar-refractivity contribution is 0.153. The normalized spacial score (nSPS) is 24.5. The standard InChI is InChI=1S/C11H14FNO/c1-11(7-14-2)6-8-9(12)4-3-5-10(8)13-11/h3-5,13H,6-7H2,1-2H3. The monoisotopic (exact) mass is 195 g/mol. The van der Waals surface area contributed by atoms with E-state index in [0.717, 1.165) is 11.3 Å². The van der Waals surface area contributed by atoms with Gasteiger partial charge in [-0.05, 0) is 19.1 Å². The number of hydrogen-bond acceptors (Lipinski definition) is 2. The molecule has 0 bridgehead atoms. The summed E-state index contributed by atoms with van der Waals surface area (Å²) in [5.74, 6) is -0.130. The van der Waals surface area contributed by atoms with E-state index in [-0.39, 0.29) is 11.4 Å². The van der Waals surface area contributed by atoms with Crippen molar-refractivity contribution < 1.29 is 9.13 Å². The quantitative estimate of drug-likeness (QED) is 0.781. The lowest BCUT2D eigenvalue weighted by atomic mass is 9.98. The van der Waals surface area contributed by atoms with Crippen LogP contribution in [-0.2, 0) is 11.2 Å². The maximum atomic E-state index is 13.4. The summed E-state index contributed by atoms with van der Waals surface area (Å²) in [6.07, 6.45) is 0.683. The minimum absolute atomic E-state index is 0.130. The lowest BCUT2D eigenvalue weighted by Gasteiger charge is -2.23. The van der Waals surface area contributed by atoms with E-state index >= 15 is 0 Å². The van der Waals surface area contributed by atoms with Crippen LogP contribution in [0.1, 0.15) is 12.5 Å². The van der Waals surface area contributed by atoms with Gasteiger partial charge in [0, 0.05) is 24.8 Å². The third kappa shape index (κ3) is 1.48. The summed E-state index contributed by atoms with van der Waals surface area (Å²) in [6, 6.07) is 5.12. The zero-order valence-electron chi connectivity index (χ0n) is 8.43. The van der Waals surface area contributed by atoms with E-state index in [1.165, 1.54) is 6.07 Å². The molecule has 1 unspecified atom stereocenters. The molecule has 14 heavy (non-hydrogen) atoms. The van der Waals surface area contributed by atoms with E-state index in [4.69, 9.17) is 4.74 Å². The number of methoxy groups -OCH3 is 1. The molecule has 0 aromatic heterocycles. The molecular weight excluding hydrogens is 181 g/mol. The van der Waals surface area contributed by atoms with Crippen molar-refractivity contribution in [2.24, 2.45) is 0 Å². The number of halogens is 1. The van der Waals surface area contributed by atoms with Crippen LogP contribution in [0.3, 0.4) is 0 Å². The smallest absolute Gasteiger partial charge is 0.128 e. The van der Waals surface area contributed by atoms with Gasteiger partial charge in [0.05, 0.1) is 12.1 Å². The maximum Gasteiger partial charge on any atom is 0.128 e. The number of benzene rings is 1. The third-order valence-corrected chi connectivity index (χ3v) is 2.59. The highest BCUT2D eigenvalue weighted by Crippen LogP contribution is 2.33. The van der Waals surface area contributed by atoms with Crippen LogP contribution in [0.25, 0.3) is 0 Å². The van der Waals surface area contributed by atoms with Gasteiger partial charge >= 0.3 is 0 Å². The lowest BCUT2D eigenvalue weighted by Crippen LogP contribution is -2.37. The number of nitrogens with one attached hydrogen (secondary N) is 1. The molecule has 0 fully saturated rings. The Morgan fingerprint density at radius 2 is 2.36 bits per heavy atom. The summed E-state index contributed by atoms with van der Waals surface area (Å²) >= 11 is 0. The molecule has 0 amide bonds. The molecule has 1 aromatic rings. The molecule has 1 aliphatic heterocycles.